The predicted molar refractivity (Wildman–Crippen MR) is 107 cm³/mol. The fraction of sp³-hybridized carbons (Fsp3) is 0.333. The number of ether oxygens (including phenoxy) is 2. The first-order valence-electron chi connectivity index (χ1n) is 8.89. The van der Waals surface area contributed by atoms with Crippen molar-refractivity contribution >= 4 is 29.3 Å². The van der Waals surface area contributed by atoms with Crippen molar-refractivity contribution in [3.8, 4) is 11.5 Å². The number of piperidine rings is 1. The monoisotopic (exact) mass is 389 g/mol. The molecule has 2 aliphatic heterocycles. The lowest BCUT2D eigenvalue weighted by Gasteiger charge is -2.32. The summed E-state index contributed by atoms with van der Waals surface area (Å²) < 4.78 is 11.8. The van der Waals surface area contributed by atoms with Gasteiger partial charge in [-0.05, 0) is 50.2 Å². The minimum absolute atomic E-state index is 0.180. The number of rotatable bonds is 4. The van der Waals surface area contributed by atoms with E-state index in [0.29, 0.717) is 16.7 Å². The highest BCUT2D eigenvalue weighted by atomic mass is 35.5. The van der Waals surface area contributed by atoms with Gasteiger partial charge in [-0.3, -0.25) is 0 Å². The van der Waals surface area contributed by atoms with Crippen LogP contribution in [-0.2, 0) is 5.41 Å². The largest absolute Gasteiger partial charge is 0.492 e. The van der Waals surface area contributed by atoms with Crippen molar-refractivity contribution < 1.29 is 9.47 Å². The first-order chi connectivity index (χ1) is 12.7. The molecule has 136 valence electrons. The molecule has 4 rings (SSSR count). The SMILES string of the molecule is Clc1cccc(Cl)c1/C=C/COc1ccc2c(c1)OCC21CCNCC1. The maximum Gasteiger partial charge on any atom is 0.126 e. The molecular formula is C21H21Cl2NO2. The zero-order valence-corrected chi connectivity index (χ0v) is 15.9. The maximum absolute atomic E-state index is 6.16. The fourth-order valence-corrected chi connectivity index (χ4v) is 4.27. The minimum Gasteiger partial charge on any atom is -0.492 e. The van der Waals surface area contributed by atoms with Crippen molar-refractivity contribution in [3.05, 3.63) is 63.6 Å². The molecule has 0 aliphatic carbocycles. The van der Waals surface area contributed by atoms with Gasteiger partial charge in [-0.15, -0.1) is 0 Å². The highest BCUT2D eigenvalue weighted by Gasteiger charge is 2.41. The van der Waals surface area contributed by atoms with E-state index in [0.717, 1.165) is 49.6 Å². The first kappa shape index (κ1) is 17.7. The Hall–Kier alpha value is -1.68. The lowest BCUT2D eigenvalue weighted by Crippen LogP contribution is -2.40. The van der Waals surface area contributed by atoms with E-state index in [2.05, 4.69) is 11.4 Å². The van der Waals surface area contributed by atoms with Crippen molar-refractivity contribution in [2.45, 2.75) is 18.3 Å². The second-order valence-electron chi connectivity index (χ2n) is 6.83. The third-order valence-corrected chi connectivity index (χ3v) is 5.88. The number of nitrogens with one attached hydrogen (secondary N) is 1. The topological polar surface area (TPSA) is 30.5 Å². The summed E-state index contributed by atoms with van der Waals surface area (Å²) in [5, 5.41) is 4.69. The van der Waals surface area contributed by atoms with Gasteiger partial charge in [-0.2, -0.15) is 0 Å². The van der Waals surface area contributed by atoms with E-state index in [1.54, 1.807) is 0 Å². The molecule has 2 heterocycles. The Kier molecular flexibility index (Phi) is 5.12. The summed E-state index contributed by atoms with van der Waals surface area (Å²) in [7, 11) is 0. The molecule has 26 heavy (non-hydrogen) atoms. The minimum atomic E-state index is 0.180. The standard InChI is InChI=1S/C21H21Cl2NO2/c22-18-4-1-5-19(23)16(18)3-2-12-25-15-6-7-17-20(13-15)26-14-21(17)8-10-24-11-9-21/h1-7,13,24H,8-12,14H2/b3-2+. The van der Waals surface area contributed by atoms with Gasteiger partial charge in [0.05, 0.1) is 6.61 Å². The summed E-state index contributed by atoms with van der Waals surface area (Å²) in [4.78, 5) is 0. The van der Waals surface area contributed by atoms with Crippen molar-refractivity contribution in [2.24, 2.45) is 0 Å². The Bertz CT molecular complexity index is 809. The van der Waals surface area contributed by atoms with Gasteiger partial charge < -0.3 is 14.8 Å². The van der Waals surface area contributed by atoms with Crippen LogP contribution in [0.4, 0.5) is 0 Å². The van der Waals surface area contributed by atoms with Crippen molar-refractivity contribution in [1.29, 1.82) is 0 Å². The van der Waals surface area contributed by atoms with Gasteiger partial charge in [0.25, 0.3) is 0 Å². The molecule has 3 nitrogen and oxygen atoms in total. The van der Waals surface area contributed by atoms with E-state index in [9.17, 15) is 0 Å². The molecule has 5 heteroatoms. The third-order valence-electron chi connectivity index (χ3n) is 5.22. The molecule has 1 spiro atoms. The van der Waals surface area contributed by atoms with Gasteiger partial charge in [-0.25, -0.2) is 0 Å². The smallest absolute Gasteiger partial charge is 0.126 e. The Morgan fingerprint density at radius 1 is 1.12 bits per heavy atom. The Balaban J connectivity index is 1.42. The van der Waals surface area contributed by atoms with E-state index in [1.807, 2.05) is 42.5 Å². The second kappa shape index (κ2) is 7.51. The molecule has 1 saturated heterocycles. The third kappa shape index (κ3) is 3.44. The van der Waals surface area contributed by atoms with Crippen LogP contribution in [0.1, 0.15) is 24.0 Å². The molecule has 0 radical (unpaired) electrons. The van der Waals surface area contributed by atoms with Crippen LogP contribution in [-0.4, -0.2) is 26.3 Å². The molecule has 0 amide bonds. The van der Waals surface area contributed by atoms with E-state index in [1.165, 1.54) is 5.56 Å². The van der Waals surface area contributed by atoms with E-state index < -0.39 is 0 Å². The summed E-state index contributed by atoms with van der Waals surface area (Å²) in [6, 6.07) is 11.7. The molecule has 0 saturated carbocycles. The van der Waals surface area contributed by atoms with Crippen LogP contribution in [0.3, 0.4) is 0 Å². The molecule has 2 aliphatic rings. The van der Waals surface area contributed by atoms with E-state index in [4.69, 9.17) is 32.7 Å². The van der Waals surface area contributed by atoms with Gasteiger partial charge in [0.2, 0.25) is 0 Å². The van der Waals surface area contributed by atoms with Gasteiger partial charge in [0.1, 0.15) is 18.1 Å². The van der Waals surface area contributed by atoms with Crippen LogP contribution in [0.15, 0.2) is 42.5 Å². The van der Waals surface area contributed by atoms with E-state index >= 15 is 0 Å². The highest BCUT2D eigenvalue weighted by molar-refractivity contribution is 6.37. The van der Waals surface area contributed by atoms with Crippen LogP contribution in [0.5, 0.6) is 11.5 Å². The van der Waals surface area contributed by atoms with Crippen molar-refractivity contribution in [3.63, 3.8) is 0 Å². The lowest BCUT2D eigenvalue weighted by atomic mass is 9.75. The van der Waals surface area contributed by atoms with Crippen molar-refractivity contribution in [2.75, 3.05) is 26.3 Å². The summed E-state index contributed by atoms with van der Waals surface area (Å²) in [6.07, 6.45) is 6.05. The summed E-state index contributed by atoms with van der Waals surface area (Å²) in [5.74, 6) is 1.77. The second-order valence-corrected chi connectivity index (χ2v) is 7.64. The number of hydrogen-bond donors (Lipinski definition) is 1. The molecule has 1 fully saturated rings. The first-order valence-corrected chi connectivity index (χ1v) is 9.65. The van der Waals surface area contributed by atoms with Crippen LogP contribution in [0.25, 0.3) is 6.08 Å². The molecule has 2 aromatic carbocycles. The fourth-order valence-electron chi connectivity index (χ4n) is 3.74. The summed E-state index contributed by atoms with van der Waals surface area (Å²) in [6.45, 7) is 3.32. The van der Waals surface area contributed by atoms with Crippen LogP contribution < -0.4 is 14.8 Å². The van der Waals surface area contributed by atoms with Crippen LogP contribution in [0.2, 0.25) is 10.0 Å². The summed E-state index contributed by atoms with van der Waals surface area (Å²) >= 11 is 12.3. The molecule has 0 atom stereocenters. The number of hydrogen-bond acceptors (Lipinski definition) is 3. The molecule has 0 unspecified atom stereocenters. The molecule has 0 aromatic heterocycles. The molecular weight excluding hydrogens is 369 g/mol. The normalized spacial score (nSPS) is 18.1. The zero-order chi connectivity index (χ0) is 18.0. The number of benzene rings is 2. The van der Waals surface area contributed by atoms with Crippen LogP contribution >= 0.6 is 23.2 Å². The zero-order valence-electron chi connectivity index (χ0n) is 14.4. The molecule has 1 N–H and O–H groups in total. The van der Waals surface area contributed by atoms with Gasteiger partial charge >= 0.3 is 0 Å². The lowest BCUT2D eigenvalue weighted by molar-refractivity contribution is 0.220. The van der Waals surface area contributed by atoms with E-state index in [-0.39, 0.29) is 5.41 Å². The predicted octanol–water partition coefficient (Wildman–Crippen LogP) is 5.10. The Morgan fingerprint density at radius 3 is 2.65 bits per heavy atom. The van der Waals surface area contributed by atoms with Crippen molar-refractivity contribution in [1.82, 2.24) is 5.32 Å². The quantitative estimate of drug-likeness (QED) is 0.788. The van der Waals surface area contributed by atoms with Gasteiger partial charge in [0.15, 0.2) is 0 Å². The highest BCUT2D eigenvalue weighted by Crippen LogP contribution is 2.45. The Morgan fingerprint density at radius 2 is 1.88 bits per heavy atom. The number of fused-ring (bicyclic) bond motifs is 2. The summed E-state index contributed by atoms with van der Waals surface area (Å²) in [5.41, 5.74) is 2.31. The number of halogens is 2. The van der Waals surface area contributed by atoms with Crippen LogP contribution in [0, 0.1) is 0 Å². The Labute approximate surface area is 163 Å². The van der Waals surface area contributed by atoms with Gasteiger partial charge in [0, 0.05) is 32.7 Å². The van der Waals surface area contributed by atoms with Gasteiger partial charge in [-0.1, -0.05) is 41.4 Å². The average Bonchev–Trinajstić information content (AvgIpc) is 2.99. The molecule has 0 bridgehead atoms. The maximum atomic E-state index is 6.16. The average molecular weight is 390 g/mol. The molecule has 2 aromatic rings.